The van der Waals surface area contributed by atoms with Crippen molar-refractivity contribution in [2.45, 2.75) is 26.8 Å². The van der Waals surface area contributed by atoms with E-state index in [1.807, 2.05) is 6.92 Å². The van der Waals surface area contributed by atoms with E-state index < -0.39 is 0 Å². The van der Waals surface area contributed by atoms with Gasteiger partial charge in [0.25, 0.3) is 11.5 Å². The zero-order valence-electron chi connectivity index (χ0n) is 12.3. The second-order valence-electron chi connectivity index (χ2n) is 5.36. The standard InChI is InChI=1S/C15H17N3O2S/c1-9-10(2)16-17(3)14(19)13(9)15(20)18-6-4-12-11(8-18)5-7-21-12/h5,7H,4,6,8H2,1-3H3. The molecular formula is C15H17N3O2S. The van der Waals surface area contributed by atoms with Gasteiger partial charge < -0.3 is 4.90 Å². The molecule has 0 aromatic carbocycles. The van der Waals surface area contributed by atoms with Crippen LogP contribution in [0.3, 0.4) is 0 Å². The molecule has 0 atom stereocenters. The average molecular weight is 303 g/mol. The van der Waals surface area contributed by atoms with Gasteiger partial charge in [-0.25, -0.2) is 4.68 Å². The molecule has 5 nitrogen and oxygen atoms in total. The fourth-order valence-corrected chi connectivity index (χ4v) is 3.57. The summed E-state index contributed by atoms with van der Waals surface area (Å²) in [5, 5.41) is 6.18. The second-order valence-corrected chi connectivity index (χ2v) is 6.36. The van der Waals surface area contributed by atoms with Gasteiger partial charge in [-0.1, -0.05) is 0 Å². The normalized spacial score (nSPS) is 14.1. The molecule has 21 heavy (non-hydrogen) atoms. The highest BCUT2D eigenvalue weighted by molar-refractivity contribution is 7.10. The molecule has 6 heteroatoms. The third-order valence-electron chi connectivity index (χ3n) is 4.03. The van der Waals surface area contributed by atoms with E-state index in [1.54, 1.807) is 30.2 Å². The van der Waals surface area contributed by atoms with E-state index >= 15 is 0 Å². The van der Waals surface area contributed by atoms with Gasteiger partial charge in [0.05, 0.1) is 5.69 Å². The lowest BCUT2D eigenvalue weighted by Gasteiger charge is -2.27. The molecule has 2 aromatic rings. The maximum Gasteiger partial charge on any atom is 0.279 e. The number of aryl methyl sites for hydroxylation is 2. The largest absolute Gasteiger partial charge is 0.334 e. The molecular weight excluding hydrogens is 286 g/mol. The van der Waals surface area contributed by atoms with E-state index in [0.29, 0.717) is 24.3 Å². The average Bonchev–Trinajstić information content (AvgIpc) is 2.92. The molecule has 110 valence electrons. The van der Waals surface area contributed by atoms with Crippen LogP contribution in [0.4, 0.5) is 0 Å². The Balaban J connectivity index is 1.99. The van der Waals surface area contributed by atoms with E-state index in [2.05, 4.69) is 16.5 Å². The van der Waals surface area contributed by atoms with Crippen molar-refractivity contribution in [3.05, 3.63) is 49.1 Å². The Labute approximate surface area is 126 Å². The smallest absolute Gasteiger partial charge is 0.279 e. The number of thiophene rings is 1. The van der Waals surface area contributed by atoms with Crippen LogP contribution in [0.25, 0.3) is 0 Å². The Hall–Kier alpha value is -1.95. The summed E-state index contributed by atoms with van der Waals surface area (Å²) in [5.74, 6) is -0.185. The molecule has 0 saturated carbocycles. The highest BCUT2D eigenvalue weighted by Crippen LogP contribution is 2.25. The van der Waals surface area contributed by atoms with Crippen LogP contribution < -0.4 is 5.56 Å². The number of aromatic nitrogens is 2. The van der Waals surface area contributed by atoms with E-state index in [1.165, 1.54) is 15.1 Å². The minimum Gasteiger partial charge on any atom is -0.334 e. The van der Waals surface area contributed by atoms with Crippen LogP contribution in [0.15, 0.2) is 16.2 Å². The minimum atomic E-state index is -0.320. The lowest BCUT2D eigenvalue weighted by Crippen LogP contribution is -2.40. The van der Waals surface area contributed by atoms with Crippen molar-refractivity contribution in [3.63, 3.8) is 0 Å². The minimum absolute atomic E-state index is 0.185. The summed E-state index contributed by atoms with van der Waals surface area (Å²) in [7, 11) is 1.58. The lowest BCUT2D eigenvalue weighted by molar-refractivity contribution is 0.0732. The molecule has 0 spiro atoms. The van der Waals surface area contributed by atoms with E-state index in [-0.39, 0.29) is 17.0 Å². The van der Waals surface area contributed by atoms with Gasteiger partial charge in [0.15, 0.2) is 0 Å². The van der Waals surface area contributed by atoms with Crippen LogP contribution in [0, 0.1) is 13.8 Å². The number of amides is 1. The Morgan fingerprint density at radius 2 is 2.14 bits per heavy atom. The van der Waals surface area contributed by atoms with Crippen molar-refractivity contribution in [2.24, 2.45) is 7.05 Å². The van der Waals surface area contributed by atoms with Crippen molar-refractivity contribution >= 4 is 17.2 Å². The fraction of sp³-hybridized carbons (Fsp3) is 0.400. The Bertz CT molecular complexity index is 776. The van der Waals surface area contributed by atoms with Crippen molar-refractivity contribution < 1.29 is 4.79 Å². The van der Waals surface area contributed by atoms with E-state index in [4.69, 9.17) is 0 Å². The number of hydrogen-bond donors (Lipinski definition) is 0. The van der Waals surface area contributed by atoms with Crippen LogP contribution in [0.2, 0.25) is 0 Å². The molecule has 0 saturated heterocycles. The topological polar surface area (TPSA) is 55.2 Å². The number of hydrogen-bond acceptors (Lipinski definition) is 4. The van der Waals surface area contributed by atoms with Gasteiger partial charge in [-0.2, -0.15) is 5.10 Å². The predicted octanol–water partition coefficient (Wildman–Crippen LogP) is 1.66. The molecule has 3 rings (SSSR count). The first-order valence-electron chi connectivity index (χ1n) is 6.88. The van der Waals surface area contributed by atoms with Gasteiger partial charge >= 0.3 is 0 Å². The number of nitrogens with zero attached hydrogens (tertiary/aromatic N) is 3. The highest BCUT2D eigenvalue weighted by Gasteiger charge is 2.26. The zero-order chi connectivity index (χ0) is 15.1. The monoisotopic (exact) mass is 303 g/mol. The van der Waals surface area contributed by atoms with Crippen LogP contribution >= 0.6 is 11.3 Å². The van der Waals surface area contributed by atoms with Gasteiger partial charge in [0.1, 0.15) is 5.56 Å². The first-order valence-corrected chi connectivity index (χ1v) is 7.76. The van der Waals surface area contributed by atoms with Crippen molar-refractivity contribution in [1.82, 2.24) is 14.7 Å². The molecule has 0 aliphatic carbocycles. The number of fused-ring (bicyclic) bond motifs is 1. The SMILES string of the molecule is Cc1nn(C)c(=O)c(C(=O)N2CCc3sccc3C2)c1C. The molecule has 0 radical (unpaired) electrons. The summed E-state index contributed by atoms with van der Waals surface area (Å²) >= 11 is 1.73. The first kappa shape index (κ1) is 14.0. The molecule has 0 bridgehead atoms. The van der Waals surface area contributed by atoms with Gasteiger partial charge in [-0.05, 0) is 42.8 Å². The summed E-state index contributed by atoms with van der Waals surface area (Å²) < 4.78 is 1.25. The first-order chi connectivity index (χ1) is 9.99. The highest BCUT2D eigenvalue weighted by atomic mass is 32.1. The summed E-state index contributed by atoms with van der Waals surface area (Å²) in [6.07, 6.45) is 0.863. The molecule has 1 amide bonds. The lowest BCUT2D eigenvalue weighted by atomic mass is 10.1. The second kappa shape index (κ2) is 5.11. The Morgan fingerprint density at radius 1 is 1.38 bits per heavy atom. The molecule has 2 aromatic heterocycles. The quantitative estimate of drug-likeness (QED) is 0.805. The molecule has 3 heterocycles. The van der Waals surface area contributed by atoms with Gasteiger partial charge in [-0.3, -0.25) is 9.59 Å². The summed E-state index contributed by atoms with van der Waals surface area (Å²) in [6, 6.07) is 2.06. The predicted molar refractivity (Wildman–Crippen MR) is 81.7 cm³/mol. The third-order valence-corrected chi connectivity index (χ3v) is 5.06. The van der Waals surface area contributed by atoms with Crippen molar-refractivity contribution in [2.75, 3.05) is 6.54 Å². The molecule has 1 aliphatic rings. The summed E-state index contributed by atoms with van der Waals surface area (Å²) in [6.45, 7) is 4.85. The van der Waals surface area contributed by atoms with Gasteiger partial charge in [0, 0.05) is 25.0 Å². The number of carbonyl (C=O) groups excluding carboxylic acids is 1. The molecule has 0 fully saturated rings. The molecule has 1 aliphatic heterocycles. The van der Waals surface area contributed by atoms with Gasteiger partial charge in [0.2, 0.25) is 0 Å². The van der Waals surface area contributed by atoms with Gasteiger partial charge in [-0.15, -0.1) is 11.3 Å². The summed E-state index contributed by atoms with van der Waals surface area (Å²) in [4.78, 5) is 28.1. The Morgan fingerprint density at radius 3 is 2.90 bits per heavy atom. The van der Waals surface area contributed by atoms with Crippen LogP contribution in [0.5, 0.6) is 0 Å². The third kappa shape index (κ3) is 2.29. The van der Waals surface area contributed by atoms with Crippen LogP contribution in [0.1, 0.15) is 32.1 Å². The number of rotatable bonds is 1. The van der Waals surface area contributed by atoms with E-state index in [0.717, 1.165) is 6.42 Å². The number of carbonyl (C=O) groups is 1. The van der Waals surface area contributed by atoms with Crippen molar-refractivity contribution in [1.29, 1.82) is 0 Å². The molecule has 0 unspecified atom stereocenters. The summed E-state index contributed by atoms with van der Waals surface area (Å²) in [5.41, 5.74) is 2.52. The maximum atomic E-state index is 12.8. The van der Waals surface area contributed by atoms with Crippen molar-refractivity contribution in [3.8, 4) is 0 Å². The molecule has 0 N–H and O–H groups in total. The van der Waals surface area contributed by atoms with E-state index in [9.17, 15) is 9.59 Å². The Kier molecular flexibility index (Phi) is 3.41. The fourth-order valence-electron chi connectivity index (χ4n) is 2.68. The van der Waals surface area contributed by atoms with Crippen LogP contribution in [-0.4, -0.2) is 27.1 Å². The van der Waals surface area contributed by atoms with Crippen LogP contribution in [-0.2, 0) is 20.0 Å². The zero-order valence-corrected chi connectivity index (χ0v) is 13.2. The maximum absolute atomic E-state index is 12.8.